The largest absolute Gasteiger partial charge is 0.497 e. The molecule has 0 bridgehead atoms. The number of carbonyl (C=O) groups excluding carboxylic acids is 1. The Balaban J connectivity index is 2.24. The molecular formula is C9H9N5O2S. The fraction of sp³-hybridized carbons (Fsp3) is 0.111. The molecule has 0 aliphatic carbocycles. The monoisotopic (exact) mass is 251 g/mol. The molecule has 0 fully saturated rings. The third-order valence-corrected chi connectivity index (χ3v) is 2.54. The van der Waals surface area contributed by atoms with Gasteiger partial charge in [0.15, 0.2) is 0 Å². The number of rotatable bonds is 3. The third kappa shape index (κ3) is 2.48. The van der Waals surface area contributed by atoms with Crippen molar-refractivity contribution in [2.45, 2.75) is 0 Å². The van der Waals surface area contributed by atoms with Crippen LogP contribution < -0.4 is 15.8 Å². The number of nitrogens with one attached hydrogen (secondary N) is 1. The topological polar surface area (TPSA) is 103 Å². The van der Waals surface area contributed by atoms with E-state index in [2.05, 4.69) is 20.1 Å². The SMILES string of the molecule is COc1ccc(N)c(C(=O)Nc2nnns2)c1. The second-order valence-electron chi connectivity index (χ2n) is 3.07. The van der Waals surface area contributed by atoms with Gasteiger partial charge < -0.3 is 10.5 Å². The molecule has 0 saturated heterocycles. The van der Waals surface area contributed by atoms with Crippen molar-refractivity contribution in [2.75, 3.05) is 18.2 Å². The Bertz CT molecular complexity index is 528. The van der Waals surface area contributed by atoms with Crippen molar-refractivity contribution < 1.29 is 9.53 Å². The summed E-state index contributed by atoms with van der Waals surface area (Å²) in [5.41, 5.74) is 6.39. The second-order valence-corrected chi connectivity index (χ2v) is 3.81. The minimum atomic E-state index is -0.375. The number of nitrogen functional groups attached to an aromatic ring is 1. The molecule has 7 nitrogen and oxygen atoms in total. The molecule has 8 heteroatoms. The van der Waals surface area contributed by atoms with Crippen molar-refractivity contribution in [2.24, 2.45) is 0 Å². The van der Waals surface area contributed by atoms with Gasteiger partial charge in [0.2, 0.25) is 5.13 Å². The molecule has 1 aromatic carbocycles. The number of methoxy groups -OCH3 is 1. The van der Waals surface area contributed by atoms with Crippen LogP contribution in [0.2, 0.25) is 0 Å². The van der Waals surface area contributed by atoms with Crippen LogP contribution in [-0.2, 0) is 0 Å². The number of hydrogen-bond acceptors (Lipinski definition) is 7. The number of nitrogens with zero attached hydrogens (tertiary/aromatic N) is 3. The van der Waals surface area contributed by atoms with Gasteiger partial charge in [0.1, 0.15) is 5.75 Å². The Labute approximate surface area is 101 Å². The molecule has 0 aliphatic rings. The predicted octanol–water partition coefficient (Wildman–Crippen LogP) is 0.776. The summed E-state index contributed by atoms with van der Waals surface area (Å²) >= 11 is 0.985. The minimum Gasteiger partial charge on any atom is -0.497 e. The summed E-state index contributed by atoms with van der Waals surface area (Å²) in [6, 6.07) is 4.84. The molecular weight excluding hydrogens is 242 g/mol. The van der Waals surface area contributed by atoms with E-state index in [4.69, 9.17) is 10.5 Å². The molecule has 0 atom stereocenters. The van der Waals surface area contributed by atoms with Crippen LogP contribution in [0.1, 0.15) is 10.4 Å². The number of aromatic nitrogens is 3. The fourth-order valence-corrected chi connectivity index (χ4v) is 1.57. The Kier molecular flexibility index (Phi) is 3.15. The summed E-state index contributed by atoms with van der Waals surface area (Å²) in [6.45, 7) is 0. The molecule has 0 saturated carbocycles. The average molecular weight is 251 g/mol. The maximum absolute atomic E-state index is 11.9. The van der Waals surface area contributed by atoms with E-state index in [1.54, 1.807) is 18.2 Å². The van der Waals surface area contributed by atoms with Crippen molar-refractivity contribution in [1.29, 1.82) is 0 Å². The maximum atomic E-state index is 11.9. The van der Waals surface area contributed by atoms with Crippen molar-refractivity contribution in [1.82, 2.24) is 14.8 Å². The Morgan fingerprint density at radius 2 is 2.35 bits per heavy atom. The van der Waals surface area contributed by atoms with Crippen LogP contribution in [0.15, 0.2) is 18.2 Å². The zero-order valence-corrected chi connectivity index (χ0v) is 9.69. The van der Waals surface area contributed by atoms with Crippen LogP contribution in [0.3, 0.4) is 0 Å². The number of anilines is 2. The van der Waals surface area contributed by atoms with E-state index in [-0.39, 0.29) is 5.91 Å². The summed E-state index contributed by atoms with van der Waals surface area (Å²) in [7, 11) is 1.52. The summed E-state index contributed by atoms with van der Waals surface area (Å²) in [5, 5.41) is 9.84. The zero-order chi connectivity index (χ0) is 12.3. The van der Waals surface area contributed by atoms with Crippen molar-refractivity contribution in [3.05, 3.63) is 23.8 Å². The van der Waals surface area contributed by atoms with E-state index in [0.717, 1.165) is 11.5 Å². The summed E-state index contributed by atoms with van der Waals surface area (Å²) in [5.74, 6) is 0.180. The van der Waals surface area contributed by atoms with Gasteiger partial charge >= 0.3 is 0 Å². The van der Waals surface area contributed by atoms with Gasteiger partial charge in [0.25, 0.3) is 5.91 Å². The lowest BCUT2D eigenvalue weighted by molar-refractivity contribution is 0.102. The average Bonchev–Trinajstić information content (AvgIpc) is 2.82. The van der Waals surface area contributed by atoms with Crippen LogP contribution in [0.4, 0.5) is 10.8 Å². The molecule has 88 valence electrons. The maximum Gasteiger partial charge on any atom is 0.259 e. The first-order valence-corrected chi connectivity index (χ1v) is 5.38. The van der Waals surface area contributed by atoms with Gasteiger partial charge in [0, 0.05) is 17.2 Å². The van der Waals surface area contributed by atoms with Crippen LogP contribution in [0, 0.1) is 0 Å². The lowest BCUT2D eigenvalue weighted by atomic mass is 10.1. The number of hydrogen-bond donors (Lipinski definition) is 2. The molecule has 3 N–H and O–H groups in total. The smallest absolute Gasteiger partial charge is 0.259 e. The number of nitrogens with two attached hydrogens (primary N) is 1. The van der Waals surface area contributed by atoms with E-state index in [1.807, 2.05) is 0 Å². The fourth-order valence-electron chi connectivity index (χ4n) is 1.21. The van der Waals surface area contributed by atoms with Gasteiger partial charge in [-0.25, -0.2) is 0 Å². The first-order valence-electron chi connectivity index (χ1n) is 4.60. The van der Waals surface area contributed by atoms with E-state index in [1.165, 1.54) is 7.11 Å². The van der Waals surface area contributed by atoms with Crippen molar-refractivity contribution >= 4 is 28.3 Å². The molecule has 0 radical (unpaired) electrons. The summed E-state index contributed by atoms with van der Waals surface area (Å²) < 4.78 is 8.56. The second kappa shape index (κ2) is 4.74. The van der Waals surface area contributed by atoms with Crippen LogP contribution in [0.25, 0.3) is 0 Å². The highest BCUT2D eigenvalue weighted by atomic mass is 32.1. The van der Waals surface area contributed by atoms with Gasteiger partial charge in [-0.3, -0.25) is 10.1 Å². The molecule has 0 aliphatic heterocycles. The highest BCUT2D eigenvalue weighted by molar-refractivity contribution is 7.09. The first-order chi connectivity index (χ1) is 8.20. The molecule has 0 spiro atoms. The minimum absolute atomic E-state index is 0.317. The van der Waals surface area contributed by atoms with Crippen molar-refractivity contribution in [3.8, 4) is 5.75 Å². The normalized spacial score (nSPS) is 9.94. The van der Waals surface area contributed by atoms with E-state index in [0.29, 0.717) is 22.1 Å². The number of benzene rings is 1. The highest BCUT2D eigenvalue weighted by Crippen LogP contribution is 2.20. The van der Waals surface area contributed by atoms with Gasteiger partial charge in [-0.15, -0.1) is 0 Å². The first kappa shape index (κ1) is 11.3. The number of carbonyl (C=O) groups is 1. The number of ether oxygens (including phenoxy) is 1. The van der Waals surface area contributed by atoms with Gasteiger partial charge in [-0.1, -0.05) is 9.59 Å². The van der Waals surface area contributed by atoms with Gasteiger partial charge in [-0.2, -0.15) is 0 Å². The Hall–Kier alpha value is -2.22. The van der Waals surface area contributed by atoms with E-state index < -0.39 is 0 Å². The molecule has 0 unspecified atom stereocenters. The van der Waals surface area contributed by atoms with E-state index in [9.17, 15) is 4.79 Å². The summed E-state index contributed by atoms with van der Waals surface area (Å²) in [6.07, 6.45) is 0. The quantitative estimate of drug-likeness (QED) is 0.781. The lowest BCUT2D eigenvalue weighted by Crippen LogP contribution is -2.14. The summed E-state index contributed by atoms with van der Waals surface area (Å²) in [4.78, 5) is 11.9. The molecule has 1 heterocycles. The lowest BCUT2D eigenvalue weighted by Gasteiger charge is -2.06. The number of amides is 1. The van der Waals surface area contributed by atoms with Crippen LogP contribution >= 0.6 is 11.5 Å². The predicted molar refractivity (Wildman–Crippen MR) is 63.1 cm³/mol. The third-order valence-electron chi connectivity index (χ3n) is 2.02. The van der Waals surface area contributed by atoms with E-state index >= 15 is 0 Å². The molecule has 1 aromatic heterocycles. The standard InChI is InChI=1S/C9H9N5O2S/c1-16-5-2-3-7(10)6(4-5)8(15)11-9-12-13-14-17-9/h2-4H,10H2,1H3,(H,11,12,14,15). The van der Waals surface area contributed by atoms with Crippen LogP contribution in [0.5, 0.6) is 5.75 Å². The molecule has 2 aromatic rings. The van der Waals surface area contributed by atoms with Gasteiger partial charge in [0.05, 0.1) is 12.7 Å². The highest BCUT2D eigenvalue weighted by Gasteiger charge is 2.12. The Morgan fingerprint density at radius 1 is 1.53 bits per heavy atom. The van der Waals surface area contributed by atoms with Crippen molar-refractivity contribution in [3.63, 3.8) is 0 Å². The zero-order valence-electron chi connectivity index (χ0n) is 8.88. The molecule has 17 heavy (non-hydrogen) atoms. The molecule has 2 rings (SSSR count). The Morgan fingerprint density at radius 3 is 3.00 bits per heavy atom. The van der Waals surface area contributed by atoms with Gasteiger partial charge in [-0.05, 0) is 23.4 Å². The molecule has 1 amide bonds. The van der Waals surface area contributed by atoms with Crippen LogP contribution in [-0.4, -0.2) is 27.8 Å².